The van der Waals surface area contributed by atoms with Crippen LogP contribution in [-0.4, -0.2) is 6.04 Å². The highest BCUT2D eigenvalue weighted by molar-refractivity contribution is 5.33. The zero-order valence-electron chi connectivity index (χ0n) is 9.79. The Bertz CT molecular complexity index is 341. The topological polar surface area (TPSA) is 26.0 Å². The molecule has 1 heteroatoms. The van der Waals surface area contributed by atoms with E-state index in [1.54, 1.807) is 11.1 Å². The van der Waals surface area contributed by atoms with Crippen LogP contribution in [0.2, 0.25) is 0 Å². The van der Waals surface area contributed by atoms with Crippen molar-refractivity contribution in [2.45, 2.75) is 45.6 Å². The van der Waals surface area contributed by atoms with Gasteiger partial charge in [0.25, 0.3) is 0 Å². The van der Waals surface area contributed by atoms with Gasteiger partial charge in [-0.2, -0.15) is 0 Å². The Morgan fingerprint density at radius 3 is 2.93 bits per heavy atom. The van der Waals surface area contributed by atoms with Gasteiger partial charge in [-0.05, 0) is 56.6 Å². The van der Waals surface area contributed by atoms with E-state index in [2.05, 4.69) is 32.0 Å². The second-order valence-corrected chi connectivity index (χ2v) is 5.09. The lowest BCUT2D eigenvalue weighted by Gasteiger charge is -2.26. The van der Waals surface area contributed by atoms with Crippen molar-refractivity contribution in [3.05, 3.63) is 34.9 Å². The highest BCUT2D eigenvalue weighted by Gasteiger charge is 2.19. The molecule has 2 unspecified atom stereocenters. The quantitative estimate of drug-likeness (QED) is 0.786. The van der Waals surface area contributed by atoms with Crippen LogP contribution < -0.4 is 5.73 Å². The summed E-state index contributed by atoms with van der Waals surface area (Å²) >= 11 is 0. The fourth-order valence-corrected chi connectivity index (χ4v) is 2.69. The molecule has 0 saturated carbocycles. The van der Waals surface area contributed by atoms with Crippen LogP contribution in [0.3, 0.4) is 0 Å². The Balaban J connectivity index is 2.11. The predicted octanol–water partition coefficient (Wildman–Crippen LogP) is 2.84. The molecule has 0 saturated heterocycles. The maximum absolute atomic E-state index is 5.87. The Labute approximate surface area is 92.7 Å². The molecule has 2 N–H and O–H groups in total. The first kappa shape index (κ1) is 10.7. The number of nitrogens with two attached hydrogens (primary N) is 1. The summed E-state index contributed by atoms with van der Waals surface area (Å²) in [5.41, 5.74) is 10.4. The average molecular weight is 203 g/mol. The van der Waals surface area contributed by atoms with Gasteiger partial charge in [0.2, 0.25) is 0 Å². The average Bonchev–Trinajstić information content (AvgIpc) is 2.16. The zero-order valence-corrected chi connectivity index (χ0v) is 9.79. The molecule has 0 aromatic heterocycles. The zero-order chi connectivity index (χ0) is 10.8. The maximum Gasteiger partial charge on any atom is 0.00132 e. The Morgan fingerprint density at radius 1 is 1.40 bits per heavy atom. The van der Waals surface area contributed by atoms with Gasteiger partial charge in [0.05, 0.1) is 0 Å². The minimum absolute atomic E-state index is 0.348. The smallest absolute Gasteiger partial charge is 0.00132 e. The summed E-state index contributed by atoms with van der Waals surface area (Å²) in [5, 5.41) is 0. The molecule has 0 heterocycles. The number of rotatable bonds is 2. The molecule has 1 aromatic rings. The lowest BCUT2D eigenvalue weighted by atomic mass is 9.80. The van der Waals surface area contributed by atoms with E-state index in [0.29, 0.717) is 6.04 Å². The van der Waals surface area contributed by atoms with E-state index in [1.165, 1.54) is 31.2 Å². The summed E-state index contributed by atoms with van der Waals surface area (Å²) < 4.78 is 0. The van der Waals surface area contributed by atoms with E-state index in [1.807, 2.05) is 0 Å². The molecule has 2 rings (SSSR count). The van der Waals surface area contributed by atoms with Crippen molar-refractivity contribution in [2.75, 3.05) is 0 Å². The minimum atomic E-state index is 0.348. The van der Waals surface area contributed by atoms with E-state index in [-0.39, 0.29) is 0 Å². The first-order valence-corrected chi connectivity index (χ1v) is 5.99. The number of hydrogen-bond acceptors (Lipinski definition) is 1. The van der Waals surface area contributed by atoms with E-state index < -0.39 is 0 Å². The first-order valence-electron chi connectivity index (χ1n) is 5.99. The van der Waals surface area contributed by atoms with E-state index in [4.69, 9.17) is 5.73 Å². The van der Waals surface area contributed by atoms with Crippen LogP contribution in [0.25, 0.3) is 0 Å². The molecule has 0 fully saturated rings. The molecule has 2 atom stereocenters. The normalized spacial score (nSPS) is 22.2. The number of fused-ring (bicyclic) bond motifs is 1. The fraction of sp³-hybridized carbons (Fsp3) is 0.571. The summed E-state index contributed by atoms with van der Waals surface area (Å²) in [6.07, 6.45) is 4.97. The molecule has 1 aliphatic carbocycles. The molecule has 0 aliphatic heterocycles. The monoisotopic (exact) mass is 203 g/mol. The lowest BCUT2D eigenvalue weighted by Crippen LogP contribution is -2.23. The molecular formula is C14H21N. The number of hydrogen-bond donors (Lipinski definition) is 1. The van der Waals surface area contributed by atoms with Crippen molar-refractivity contribution < 1.29 is 0 Å². The second kappa shape index (κ2) is 4.36. The summed E-state index contributed by atoms with van der Waals surface area (Å²) in [7, 11) is 0. The third kappa shape index (κ3) is 2.60. The Kier molecular flexibility index (Phi) is 3.11. The Morgan fingerprint density at radius 2 is 2.20 bits per heavy atom. The van der Waals surface area contributed by atoms with Gasteiger partial charge in [-0.3, -0.25) is 0 Å². The minimum Gasteiger partial charge on any atom is -0.328 e. The van der Waals surface area contributed by atoms with E-state index >= 15 is 0 Å². The molecule has 1 aliphatic rings. The highest BCUT2D eigenvalue weighted by atomic mass is 14.6. The Hall–Kier alpha value is -0.820. The molecular weight excluding hydrogens is 182 g/mol. The fourth-order valence-electron chi connectivity index (χ4n) is 2.69. The summed E-state index contributed by atoms with van der Waals surface area (Å²) in [6.45, 7) is 4.29. The van der Waals surface area contributed by atoms with Crippen LogP contribution in [0.4, 0.5) is 0 Å². The van der Waals surface area contributed by atoms with Crippen LogP contribution in [0.15, 0.2) is 18.2 Å². The van der Waals surface area contributed by atoms with E-state index in [9.17, 15) is 0 Å². The van der Waals surface area contributed by atoms with Gasteiger partial charge in [0, 0.05) is 6.04 Å². The first-order chi connectivity index (χ1) is 7.15. The van der Waals surface area contributed by atoms with Crippen molar-refractivity contribution in [2.24, 2.45) is 11.7 Å². The standard InChI is InChI=1S/C14H21N/c1-10-3-5-13-6-4-12(8-11(2)15)9-14(13)7-10/h3,5,7,11-12H,4,6,8-9,15H2,1-2H3. The predicted molar refractivity (Wildman–Crippen MR) is 65.0 cm³/mol. The summed E-state index contributed by atoms with van der Waals surface area (Å²) in [5.74, 6) is 0.805. The van der Waals surface area contributed by atoms with Crippen molar-refractivity contribution >= 4 is 0 Å². The number of benzene rings is 1. The van der Waals surface area contributed by atoms with Gasteiger partial charge in [0.15, 0.2) is 0 Å². The molecule has 0 radical (unpaired) electrons. The van der Waals surface area contributed by atoms with Gasteiger partial charge >= 0.3 is 0 Å². The van der Waals surface area contributed by atoms with E-state index in [0.717, 1.165) is 5.92 Å². The van der Waals surface area contributed by atoms with Crippen LogP contribution in [-0.2, 0) is 12.8 Å². The van der Waals surface area contributed by atoms with Crippen LogP contribution >= 0.6 is 0 Å². The van der Waals surface area contributed by atoms with Crippen molar-refractivity contribution in [3.63, 3.8) is 0 Å². The summed E-state index contributed by atoms with van der Waals surface area (Å²) in [4.78, 5) is 0. The van der Waals surface area contributed by atoms with Crippen molar-refractivity contribution in [3.8, 4) is 0 Å². The maximum atomic E-state index is 5.87. The van der Waals surface area contributed by atoms with Crippen LogP contribution in [0, 0.1) is 12.8 Å². The lowest BCUT2D eigenvalue weighted by molar-refractivity contribution is 0.398. The largest absolute Gasteiger partial charge is 0.328 e. The van der Waals surface area contributed by atoms with Crippen molar-refractivity contribution in [1.82, 2.24) is 0 Å². The number of aryl methyl sites for hydroxylation is 2. The summed E-state index contributed by atoms with van der Waals surface area (Å²) in [6, 6.07) is 7.22. The van der Waals surface area contributed by atoms with Crippen LogP contribution in [0.5, 0.6) is 0 Å². The molecule has 0 amide bonds. The molecule has 15 heavy (non-hydrogen) atoms. The molecule has 0 bridgehead atoms. The molecule has 1 nitrogen and oxygen atoms in total. The third-order valence-electron chi connectivity index (χ3n) is 3.40. The van der Waals surface area contributed by atoms with Gasteiger partial charge in [-0.1, -0.05) is 23.8 Å². The van der Waals surface area contributed by atoms with Crippen molar-refractivity contribution in [1.29, 1.82) is 0 Å². The van der Waals surface area contributed by atoms with Gasteiger partial charge < -0.3 is 5.73 Å². The third-order valence-corrected chi connectivity index (χ3v) is 3.40. The SMILES string of the molecule is Cc1ccc2c(c1)CC(CC(C)N)CC2. The highest BCUT2D eigenvalue weighted by Crippen LogP contribution is 2.28. The molecule has 0 spiro atoms. The molecule has 1 aromatic carbocycles. The molecule has 82 valence electrons. The second-order valence-electron chi connectivity index (χ2n) is 5.09. The van der Waals surface area contributed by atoms with Crippen LogP contribution in [0.1, 0.15) is 36.5 Å². The van der Waals surface area contributed by atoms with Gasteiger partial charge in [-0.25, -0.2) is 0 Å². The van der Waals surface area contributed by atoms with Gasteiger partial charge in [0.1, 0.15) is 0 Å². The van der Waals surface area contributed by atoms with Gasteiger partial charge in [-0.15, -0.1) is 0 Å².